The minimum atomic E-state index is -3.75. The van der Waals surface area contributed by atoms with E-state index in [1.165, 1.54) is 12.1 Å². The van der Waals surface area contributed by atoms with Crippen molar-refractivity contribution in [1.82, 2.24) is 4.72 Å². The molecule has 118 valence electrons. The molecule has 0 atom stereocenters. The molecule has 21 heavy (non-hydrogen) atoms. The summed E-state index contributed by atoms with van der Waals surface area (Å²) in [6, 6.07) is 2.60. The molecule has 0 radical (unpaired) electrons. The zero-order valence-corrected chi connectivity index (χ0v) is 14.9. The Balaban J connectivity index is 3.11. The Labute approximate surface area is 133 Å². The normalized spacial score (nSPS) is 12.4. The predicted molar refractivity (Wildman–Crippen MR) is 85.1 cm³/mol. The zero-order chi connectivity index (χ0) is 16.4. The Hall–Kier alpha value is -0.920. The average Bonchev–Trinajstić information content (AvgIpc) is 2.29. The van der Waals surface area contributed by atoms with Crippen LogP contribution in [0.2, 0.25) is 0 Å². The number of carboxylic acid groups (broad SMARTS) is 1. The fourth-order valence-corrected chi connectivity index (χ4v) is 3.77. The van der Waals surface area contributed by atoms with Crippen molar-refractivity contribution in [2.24, 2.45) is 5.41 Å². The molecule has 5 nitrogen and oxygen atoms in total. The molecule has 0 aliphatic carbocycles. The molecule has 1 rings (SSSR count). The van der Waals surface area contributed by atoms with Gasteiger partial charge in [0, 0.05) is 11.0 Å². The lowest BCUT2D eigenvalue weighted by atomic mass is 9.93. The highest BCUT2D eigenvalue weighted by atomic mass is 79.9. The number of carbonyl (C=O) groups is 1. The Morgan fingerprint density at radius 1 is 1.33 bits per heavy atom. The minimum Gasteiger partial charge on any atom is -0.478 e. The third-order valence-corrected chi connectivity index (χ3v) is 5.72. The molecule has 0 unspecified atom stereocenters. The second-order valence-electron chi connectivity index (χ2n) is 6.12. The van der Waals surface area contributed by atoms with E-state index >= 15 is 0 Å². The molecule has 0 saturated heterocycles. The van der Waals surface area contributed by atoms with Gasteiger partial charge in [0.05, 0.1) is 10.5 Å². The van der Waals surface area contributed by atoms with Crippen molar-refractivity contribution in [3.8, 4) is 0 Å². The molecule has 0 fully saturated rings. The maximum Gasteiger partial charge on any atom is 0.335 e. The molecule has 0 heterocycles. The van der Waals surface area contributed by atoms with Crippen molar-refractivity contribution in [1.29, 1.82) is 0 Å². The number of aryl methyl sites for hydroxylation is 1. The smallest absolute Gasteiger partial charge is 0.335 e. The van der Waals surface area contributed by atoms with E-state index in [1.807, 2.05) is 20.8 Å². The van der Waals surface area contributed by atoms with E-state index in [4.69, 9.17) is 5.11 Å². The predicted octanol–water partition coefficient (Wildman–Crippen LogP) is 3.17. The van der Waals surface area contributed by atoms with Crippen LogP contribution in [0.1, 0.15) is 43.1 Å². The molecule has 7 heteroatoms. The van der Waals surface area contributed by atoms with Gasteiger partial charge >= 0.3 is 5.97 Å². The molecule has 2 N–H and O–H groups in total. The molecule has 1 aromatic rings. The third kappa shape index (κ3) is 5.09. The number of rotatable bonds is 5. The van der Waals surface area contributed by atoms with Gasteiger partial charge in [0.25, 0.3) is 0 Å². The summed E-state index contributed by atoms with van der Waals surface area (Å²) >= 11 is 3.22. The first-order chi connectivity index (χ1) is 9.44. The van der Waals surface area contributed by atoms with Crippen molar-refractivity contribution in [3.05, 3.63) is 27.7 Å². The molecule has 0 amide bonds. The topological polar surface area (TPSA) is 83.5 Å². The summed E-state index contributed by atoms with van der Waals surface area (Å²) in [6.45, 7) is 8.02. The van der Waals surface area contributed by atoms with Crippen molar-refractivity contribution >= 4 is 31.9 Å². The van der Waals surface area contributed by atoms with E-state index in [0.29, 0.717) is 23.0 Å². The van der Waals surface area contributed by atoms with E-state index < -0.39 is 16.0 Å². The van der Waals surface area contributed by atoms with Gasteiger partial charge in [-0.05, 0) is 52.4 Å². The summed E-state index contributed by atoms with van der Waals surface area (Å²) in [6.07, 6.45) is 0.682. The third-order valence-electron chi connectivity index (χ3n) is 2.92. The number of sulfonamides is 1. The van der Waals surface area contributed by atoms with Crippen molar-refractivity contribution in [2.75, 3.05) is 6.54 Å². The van der Waals surface area contributed by atoms with Crippen LogP contribution in [0.4, 0.5) is 0 Å². The number of carboxylic acids is 1. The molecular formula is C14H20BrNO4S. The van der Waals surface area contributed by atoms with E-state index in [9.17, 15) is 13.2 Å². The number of halogens is 1. The van der Waals surface area contributed by atoms with Crippen LogP contribution in [0.25, 0.3) is 0 Å². The van der Waals surface area contributed by atoms with Gasteiger partial charge in [0.1, 0.15) is 0 Å². The van der Waals surface area contributed by atoms with Crippen LogP contribution in [0.3, 0.4) is 0 Å². The zero-order valence-electron chi connectivity index (χ0n) is 12.5. The standard InChI is InChI=1S/C14H20BrNO4S/c1-9-7-10(13(17)18)8-11(12(9)15)21(19,20)16-6-5-14(2,3)4/h7-8,16H,5-6H2,1-4H3,(H,17,18). The van der Waals surface area contributed by atoms with Gasteiger partial charge in [-0.15, -0.1) is 0 Å². The highest BCUT2D eigenvalue weighted by Gasteiger charge is 2.22. The Morgan fingerprint density at radius 3 is 2.38 bits per heavy atom. The lowest BCUT2D eigenvalue weighted by Gasteiger charge is -2.18. The first kappa shape index (κ1) is 18.1. The van der Waals surface area contributed by atoms with Gasteiger partial charge in [-0.1, -0.05) is 20.8 Å². The Morgan fingerprint density at radius 2 is 1.90 bits per heavy atom. The fraction of sp³-hybridized carbons (Fsp3) is 0.500. The highest BCUT2D eigenvalue weighted by molar-refractivity contribution is 9.10. The second-order valence-corrected chi connectivity index (χ2v) is 8.65. The Kier molecular flexibility index (Phi) is 5.57. The first-order valence-electron chi connectivity index (χ1n) is 6.47. The summed E-state index contributed by atoms with van der Waals surface area (Å²) in [5, 5.41) is 9.04. The molecule has 0 saturated carbocycles. The number of nitrogens with one attached hydrogen (secondary N) is 1. The van der Waals surface area contributed by atoms with Crippen molar-refractivity contribution in [3.63, 3.8) is 0 Å². The van der Waals surface area contributed by atoms with Crippen LogP contribution < -0.4 is 4.72 Å². The van der Waals surface area contributed by atoms with Crippen LogP contribution in [-0.2, 0) is 10.0 Å². The molecule has 0 spiro atoms. The largest absolute Gasteiger partial charge is 0.478 e. The van der Waals surface area contributed by atoms with E-state index in [0.717, 1.165) is 0 Å². The fourth-order valence-electron chi connectivity index (χ4n) is 1.69. The maximum atomic E-state index is 12.3. The number of hydrogen-bond acceptors (Lipinski definition) is 3. The van der Waals surface area contributed by atoms with E-state index in [2.05, 4.69) is 20.7 Å². The van der Waals surface area contributed by atoms with Gasteiger partial charge in [0.2, 0.25) is 10.0 Å². The van der Waals surface area contributed by atoms with Crippen LogP contribution in [0.15, 0.2) is 21.5 Å². The van der Waals surface area contributed by atoms with Crippen LogP contribution in [-0.4, -0.2) is 26.0 Å². The molecule has 0 aromatic heterocycles. The highest BCUT2D eigenvalue weighted by Crippen LogP contribution is 2.27. The second kappa shape index (κ2) is 6.46. The van der Waals surface area contributed by atoms with E-state index in [1.54, 1.807) is 6.92 Å². The molecular weight excluding hydrogens is 358 g/mol. The summed E-state index contributed by atoms with van der Waals surface area (Å²) in [7, 11) is -3.75. The summed E-state index contributed by atoms with van der Waals surface area (Å²) in [5.74, 6) is -1.16. The van der Waals surface area contributed by atoms with Gasteiger partial charge in [-0.2, -0.15) is 0 Å². The SMILES string of the molecule is Cc1cc(C(=O)O)cc(S(=O)(=O)NCCC(C)(C)C)c1Br. The number of hydrogen-bond donors (Lipinski definition) is 2. The summed E-state index contributed by atoms with van der Waals surface area (Å²) in [4.78, 5) is 11.0. The van der Waals surface area contributed by atoms with Gasteiger partial charge < -0.3 is 5.11 Å². The van der Waals surface area contributed by atoms with Crippen LogP contribution in [0, 0.1) is 12.3 Å². The average molecular weight is 378 g/mol. The van der Waals surface area contributed by atoms with Gasteiger partial charge in [0.15, 0.2) is 0 Å². The molecule has 0 bridgehead atoms. The van der Waals surface area contributed by atoms with E-state index in [-0.39, 0.29) is 15.9 Å². The first-order valence-corrected chi connectivity index (χ1v) is 8.75. The van der Waals surface area contributed by atoms with Crippen molar-refractivity contribution < 1.29 is 18.3 Å². The minimum absolute atomic E-state index is 0.0125. The van der Waals surface area contributed by atoms with Crippen LogP contribution in [0.5, 0.6) is 0 Å². The summed E-state index contributed by atoms with van der Waals surface area (Å²) in [5.41, 5.74) is 0.525. The quantitative estimate of drug-likeness (QED) is 0.825. The lowest BCUT2D eigenvalue weighted by Crippen LogP contribution is -2.28. The summed E-state index contributed by atoms with van der Waals surface area (Å²) < 4.78 is 27.6. The number of aromatic carboxylic acids is 1. The monoisotopic (exact) mass is 377 g/mol. The Bertz CT molecular complexity index is 648. The lowest BCUT2D eigenvalue weighted by molar-refractivity contribution is 0.0696. The molecule has 1 aromatic carbocycles. The van der Waals surface area contributed by atoms with Gasteiger partial charge in [-0.25, -0.2) is 17.9 Å². The molecule has 0 aliphatic rings. The van der Waals surface area contributed by atoms with Crippen molar-refractivity contribution in [2.45, 2.75) is 39.0 Å². The van der Waals surface area contributed by atoms with Crippen LogP contribution >= 0.6 is 15.9 Å². The molecule has 0 aliphatic heterocycles. The van der Waals surface area contributed by atoms with Gasteiger partial charge in [-0.3, -0.25) is 0 Å². The number of benzene rings is 1. The maximum absolute atomic E-state index is 12.3.